The van der Waals surface area contributed by atoms with Gasteiger partial charge in [0.1, 0.15) is 0 Å². The minimum atomic E-state index is -3.76. The number of carbonyl (C=O) groups is 1. The summed E-state index contributed by atoms with van der Waals surface area (Å²) in [5.41, 5.74) is 1.18. The molecule has 4 fully saturated rings. The van der Waals surface area contributed by atoms with E-state index in [1.807, 2.05) is 6.07 Å². The van der Waals surface area contributed by atoms with Gasteiger partial charge in [-0.2, -0.15) is 0 Å². The Morgan fingerprint density at radius 1 is 0.969 bits per heavy atom. The maximum Gasteiger partial charge on any atom is 0.264 e. The number of carbonyl (C=O) groups excluding carboxylic acids is 1. The highest BCUT2D eigenvalue weighted by molar-refractivity contribution is 7.92. The summed E-state index contributed by atoms with van der Waals surface area (Å²) >= 11 is 0. The van der Waals surface area contributed by atoms with E-state index in [1.54, 1.807) is 42.5 Å². The molecular weight excluding hydrogens is 420 g/mol. The molecule has 1 unspecified atom stereocenters. The standard InChI is InChI=1S/C26H32N2O3S/c1-18(26-15-19-11-20(16-26)13-21(12-19)17-26)27-25(29)22-7-6-10-24(14-22)32(30,31)28(2)23-8-4-3-5-9-23/h3-10,14,18-21H,11-13,15-17H2,1-2H3,(H,27,29). The summed E-state index contributed by atoms with van der Waals surface area (Å²) < 4.78 is 27.6. The SMILES string of the molecule is CC(NC(=O)c1cccc(S(=O)(=O)N(C)c2ccccc2)c1)C12CC3CC(CC(C3)C1)C2. The zero-order valence-electron chi connectivity index (χ0n) is 18.8. The van der Waals surface area contributed by atoms with E-state index < -0.39 is 10.0 Å². The molecule has 0 aromatic heterocycles. The van der Waals surface area contributed by atoms with Crippen LogP contribution in [0, 0.1) is 23.2 Å². The van der Waals surface area contributed by atoms with E-state index in [0.717, 1.165) is 17.8 Å². The Balaban J connectivity index is 1.34. The van der Waals surface area contributed by atoms with Crippen LogP contribution < -0.4 is 9.62 Å². The number of nitrogens with zero attached hydrogens (tertiary/aromatic N) is 1. The minimum Gasteiger partial charge on any atom is -0.349 e. The Labute approximate surface area is 191 Å². The first-order valence-corrected chi connectivity index (χ1v) is 13.2. The number of nitrogens with one attached hydrogen (secondary N) is 1. The topological polar surface area (TPSA) is 66.5 Å². The average Bonchev–Trinajstić information content (AvgIpc) is 2.78. The molecule has 1 amide bonds. The van der Waals surface area contributed by atoms with Gasteiger partial charge in [0.25, 0.3) is 15.9 Å². The van der Waals surface area contributed by atoms with Gasteiger partial charge in [0, 0.05) is 18.7 Å². The van der Waals surface area contributed by atoms with Crippen molar-refractivity contribution in [1.82, 2.24) is 5.32 Å². The van der Waals surface area contributed by atoms with Crippen LogP contribution in [0.25, 0.3) is 0 Å². The fraction of sp³-hybridized carbons (Fsp3) is 0.500. The molecule has 0 radical (unpaired) electrons. The number of rotatable bonds is 6. The number of amides is 1. The predicted octanol–water partition coefficient (Wildman–Crippen LogP) is 4.85. The molecule has 2 aromatic rings. The van der Waals surface area contributed by atoms with Gasteiger partial charge in [-0.25, -0.2) is 8.42 Å². The van der Waals surface area contributed by atoms with Gasteiger partial charge in [0.2, 0.25) is 0 Å². The van der Waals surface area contributed by atoms with E-state index in [1.165, 1.54) is 55.9 Å². The quantitative estimate of drug-likeness (QED) is 0.682. The maximum absolute atomic E-state index is 13.2. The monoisotopic (exact) mass is 452 g/mol. The first kappa shape index (κ1) is 21.5. The van der Waals surface area contributed by atoms with Gasteiger partial charge >= 0.3 is 0 Å². The molecule has 0 spiro atoms. The molecular formula is C26H32N2O3S. The van der Waals surface area contributed by atoms with Crippen molar-refractivity contribution in [3.05, 3.63) is 60.2 Å². The predicted molar refractivity (Wildman–Crippen MR) is 126 cm³/mol. The molecule has 6 heteroatoms. The van der Waals surface area contributed by atoms with Crippen LogP contribution in [-0.4, -0.2) is 27.4 Å². The molecule has 6 rings (SSSR count). The van der Waals surface area contributed by atoms with Gasteiger partial charge in [0.15, 0.2) is 0 Å². The van der Waals surface area contributed by atoms with Crippen molar-refractivity contribution in [3.63, 3.8) is 0 Å². The summed E-state index contributed by atoms with van der Waals surface area (Å²) in [6.07, 6.45) is 7.77. The molecule has 0 saturated heterocycles. The zero-order valence-corrected chi connectivity index (χ0v) is 19.6. The number of anilines is 1. The lowest BCUT2D eigenvalue weighted by molar-refractivity contribution is -0.0688. The number of sulfonamides is 1. The molecule has 170 valence electrons. The molecule has 2 aromatic carbocycles. The Hall–Kier alpha value is -2.34. The van der Waals surface area contributed by atoms with Crippen LogP contribution in [0.1, 0.15) is 55.8 Å². The second-order valence-corrected chi connectivity index (χ2v) is 12.3. The molecule has 4 saturated carbocycles. The van der Waals surface area contributed by atoms with Crippen LogP contribution in [0.3, 0.4) is 0 Å². The molecule has 0 heterocycles. The smallest absolute Gasteiger partial charge is 0.264 e. The third kappa shape index (κ3) is 3.72. The van der Waals surface area contributed by atoms with Crippen LogP contribution in [0.2, 0.25) is 0 Å². The van der Waals surface area contributed by atoms with Crippen molar-refractivity contribution in [3.8, 4) is 0 Å². The number of benzene rings is 2. The molecule has 32 heavy (non-hydrogen) atoms. The highest BCUT2D eigenvalue weighted by Crippen LogP contribution is 2.61. The largest absolute Gasteiger partial charge is 0.349 e. The van der Waals surface area contributed by atoms with Gasteiger partial charge in [0.05, 0.1) is 10.6 Å². The highest BCUT2D eigenvalue weighted by Gasteiger charge is 2.53. The minimum absolute atomic E-state index is 0.0932. The summed E-state index contributed by atoms with van der Waals surface area (Å²) in [6.45, 7) is 2.15. The van der Waals surface area contributed by atoms with E-state index in [-0.39, 0.29) is 22.3 Å². The van der Waals surface area contributed by atoms with Gasteiger partial charge < -0.3 is 5.32 Å². The fourth-order valence-corrected chi connectivity index (χ4v) is 8.12. The molecule has 5 nitrogen and oxygen atoms in total. The molecule has 1 N–H and O–H groups in total. The Morgan fingerprint density at radius 2 is 1.56 bits per heavy atom. The maximum atomic E-state index is 13.2. The van der Waals surface area contributed by atoms with E-state index >= 15 is 0 Å². The summed E-state index contributed by atoms with van der Waals surface area (Å²) in [6, 6.07) is 15.4. The third-order valence-electron chi connectivity index (χ3n) is 8.23. The first-order valence-electron chi connectivity index (χ1n) is 11.7. The van der Waals surface area contributed by atoms with Crippen LogP contribution in [0.15, 0.2) is 59.5 Å². The lowest BCUT2D eigenvalue weighted by Crippen LogP contribution is -2.55. The normalized spacial score (nSPS) is 29.5. The average molecular weight is 453 g/mol. The van der Waals surface area contributed by atoms with E-state index in [4.69, 9.17) is 0 Å². The highest BCUT2D eigenvalue weighted by atomic mass is 32.2. The van der Waals surface area contributed by atoms with Crippen LogP contribution in [0.4, 0.5) is 5.69 Å². The van der Waals surface area contributed by atoms with Gasteiger partial charge in [-0.05, 0) is 98.9 Å². The van der Waals surface area contributed by atoms with E-state index in [9.17, 15) is 13.2 Å². The number of para-hydroxylation sites is 1. The third-order valence-corrected chi connectivity index (χ3v) is 10.0. The van der Waals surface area contributed by atoms with Crippen molar-refractivity contribution in [2.75, 3.05) is 11.4 Å². The van der Waals surface area contributed by atoms with Crippen LogP contribution in [0.5, 0.6) is 0 Å². The lowest BCUT2D eigenvalue weighted by Gasteiger charge is -2.59. The Morgan fingerprint density at radius 3 is 2.16 bits per heavy atom. The first-order chi connectivity index (χ1) is 15.3. The number of hydrogen-bond acceptors (Lipinski definition) is 3. The van der Waals surface area contributed by atoms with Crippen molar-refractivity contribution in [2.45, 2.75) is 56.4 Å². The van der Waals surface area contributed by atoms with Gasteiger partial charge in [-0.15, -0.1) is 0 Å². The summed E-state index contributed by atoms with van der Waals surface area (Å²) in [5, 5.41) is 3.25. The molecule has 1 atom stereocenters. The zero-order chi connectivity index (χ0) is 22.5. The van der Waals surface area contributed by atoms with Crippen molar-refractivity contribution in [2.24, 2.45) is 23.2 Å². The second-order valence-electron chi connectivity index (χ2n) is 10.3. The van der Waals surface area contributed by atoms with Gasteiger partial charge in [-0.1, -0.05) is 24.3 Å². The molecule has 0 aliphatic heterocycles. The van der Waals surface area contributed by atoms with E-state index in [2.05, 4.69) is 12.2 Å². The van der Waals surface area contributed by atoms with Crippen LogP contribution >= 0.6 is 0 Å². The fourth-order valence-electron chi connectivity index (χ4n) is 6.87. The lowest BCUT2D eigenvalue weighted by atomic mass is 9.48. The van der Waals surface area contributed by atoms with Crippen LogP contribution in [-0.2, 0) is 10.0 Å². The Kier molecular flexibility index (Phi) is 5.31. The van der Waals surface area contributed by atoms with Crippen molar-refractivity contribution >= 4 is 21.6 Å². The molecule has 4 bridgehead atoms. The number of hydrogen-bond donors (Lipinski definition) is 1. The molecule has 4 aliphatic carbocycles. The van der Waals surface area contributed by atoms with Gasteiger partial charge in [-0.3, -0.25) is 9.10 Å². The summed E-state index contributed by atoms with van der Waals surface area (Å²) in [5.74, 6) is 2.28. The summed E-state index contributed by atoms with van der Waals surface area (Å²) in [4.78, 5) is 13.3. The summed E-state index contributed by atoms with van der Waals surface area (Å²) in [7, 11) is -2.23. The van der Waals surface area contributed by atoms with Crippen molar-refractivity contribution < 1.29 is 13.2 Å². The second kappa shape index (κ2) is 7.91. The van der Waals surface area contributed by atoms with Crippen molar-refractivity contribution in [1.29, 1.82) is 0 Å². The Bertz CT molecular complexity index is 1080. The molecule has 4 aliphatic rings. The van der Waals surface area contributed by atoms with E-state index in [0.29, 0.717) is 11.3 Å².